The Morgan fingerprint density at radius 2 is 1.77 bits per heavy atom. The van der Waals surface area contributed by atoms with Crippen molar-refractivity contribution < 1.29 is 4.39 Å². The molecule has 0 saturated carbocycles. The Bertz CT molecular complexity index is 626. The van der Waals surface area contributed by atoms with Gasteiger partial charge in [0, 0.05) is 38.3 Å². The molecule has 1 aromatic carbocycles. The van der Waals surface area contributed by atoms with E-state index in [1.807, 2.05) is 12.1 Å². The van der Waals surface area contributed by atoms with Gasteiger partial charge in [0.1, 0.15) is 23.1 Å². The Morgan fingerprint density at radius 3 is 2.41 bits per heavy atom. The molecule has 116 valence electrons. The molecule has 6 heteroatoms. The molecule has 1 saturated heterocycles. The standard InChI is InChI=1S/C16H18ClFN4/c1-12(13-2-4-14(18)5-3-13)21-6-8-22(9-7-21)16-10-15(17)19-11-20-16/h2-5,10-12H,6-9H2,1H3/t12-/m0/s1. The molecule has 1 atom stereocenters. The molecule has 0 aliphatic carbocycles. The van der Waals surface area contributed by atoms with E-state index >= 15 is 0 Å². The van der Waals surface area contributed by atoms with Crippen LogP contribution in [0.1, 0.15) is 18.5 Å². The lowest BCUT2D eigenvalue weighted by atomic mass is 10.1. The molecule has 0 N–H and O–H groups in total. The molecular formula is C16H18ClFN4. The van der Waals surface area contributed by atoms with Gasteiger partial charge in [0.25, 0.3) is 0 Å². The van der Waals surface area contributed by atoms with Crippen molar-refractivity contribution in [2.24, 2.45) is 0 Å². The fourth-order valence-corrected chi connectivity index (χ4v) is 2.93. The van der Waals surface area contributed by atoms with E-state index in [0.29, 0.717) is 5.15 Å². The average Bonchev–Trinajstić information content (AvgIpc) is 2.55. The van der Waals surface area contributed by atoms with Crippen LogP contribution in [0.2, 0.25) is 5.15 Å². The maximum atomic E-state index is 13.0. The molecule has 3 rings (SSSR count). The molecule has 0 amide bonds. The van der Waals surface area contributed by atoms with Crippen LogP contribution in [0.25, 0.3) is 0 Å². The maximum Gasteiger partial charge on any atom is 0.134 e. The summed E-state index contributed by atoms with van der Waals surface area (Å²) in [5.41, 5.74) is 1.14. The molecule has 0 unspecified atom stereocenters. The third kappa shape index (κ3) is 3.36. The summed E-state index contributed by atoms with van der Waals surface area (Å²) in [4.78, 5) is 12.8. The Morgan fingerprint density at radius 1 is 1.09 bits per heavy atom. The summed E-state index contributed by atoms with van der Waals surface area (Å²) in [5.74, 6) is 0.676. The highest BCUT2D eigenvalue weighted by Crippen LogP contribution is 2.23. The van der Waals surface area contributed by atoms with Gasteiger partial charge >= 0.3 is 0 Å². The van der Waals surface area contributed by atoms with Crippen LogP contribution in [0.3, 0.4) is 0 Å². The monoisotopic (exact) mass is 320 g/mol. The van der Waals surface area contributed by atoms with Crippen LogP contribution in [-0.2, 0) is 0 Å². The first-order chi connectivity index (χ1) is 10.6. The van der Waals surface area contributed by atoms with Crippen LogP contribution in [-0.4, -0.2) is 41.0 Å². The molecule has 2 heterocycles. The van der Waals surface area contributed by atoms with Crippen molar-refractivity contribution >= 4 is 17.4 Å². The number of rotatable bonds is 3. The molecule has 1 aliphatic heterocycles. The van der Waals surface area contributed by atoms with Crippen molar-refractivity contribution in [2.45, 2.75) is 13.0 Å². The lowest BCUT2D eigenvalue weighted by Gasteiger charge is -2.38. The first kappa shape index (κ1) is 15.2. The Labute approximate surface area is 134 Å². The highest BCUT2D eigenvalue weighted by atomic mass is 35.5. The Kier molecular flexibility index (Phi) is 4.55. The smallest absolute Gasteiger partial charge is 0.134 e. The van der Waals surface area contributed by atoms with Crippen molar-refractivity contribution in [3.8, 4) is 0 Å². The summed E-state index contributed by atoms with van der Waals surface area (Å²) in [6, 6.07) is 8.82. The van der Waals surface area contributed by atoms with E-state index in [1.54, 1.807) is 6.07 Å². The van der Waals surface area contributed by atoms with Crippen molar-refractivity contribution in [1.29, 1.82) is 0 Å². The zero-order valence-corrected chi connectivity index (χ0v) is 13.2. The minimum Gasteiger partial charge on any atom is -0.354 e. The number of nitrogens with zero attached hydrogens (tertiary/aromatic N) is 4. The van der Waals surface area contributed by atoms with Crippen LogP contribution in [0, 0.1) is 5.82 Å². The van der Waals surface area contributed by atoms with E-state index in [2.05, 4.69) is 26.7 Å². The van der Waals surface area contributed by atoms with Crippen molar-refractivity contribution in [3.63, 3.8) is 0 Å². The number of piperazine rings is 1. The lowest BCUT2D eigenvalue weighted by molar-refractivity contribution is 0.198. The molecule has 0 spiro atoms. The van der Waals surface area contributed by atoms with Crippen LogP contribution < -0.4 is 4.90 Å². The molecule has 1 aliphatic rings. The second-order valence-corrected chi connectivity index (χ2v) is 5.84. The van der Waals surface area contributed by atoms with Gasteiger partial charge in [-0.05, 0) is 24.6 Å². The average molecular weight is 321 g/mol. The number of halogens is 2. The van der Waals surface area contributed by atoms with E-state index in [-0.39, 0.29) is 11.9 Å². The van der Waals surface area contributed by atoms with E-state index in [1.165, 1.54) is 18.5 Å². The van der Waals surface area contributed by atoms with Gasteiger partial charge < -0.3 is 4.90 Å². The largest absolute Gasteiger partial charge is 0.354 e. The first-order valence-electron chi connectivity index (χ1n) is 7.35. The number of anilines is 1. The number of aromatic nitrogens is 2. The van der Waals surface area contributed by atoms with Crippen LogP contribution in [0.15, 0.2) is 36.7 Å². The predicted octanol–water partition coefficient (Wildman–Crippen LogP) is 3.15. The summed E-state index contributed by atoms with van der Waals surface area (Å²) in [5, 5.41) is 0.465. The fourth-order valence-electron chi connectivity index (χ4n) is 2.79. The molecule has 0 radical (unpaired) electrons. The summed E-state index contributed by atoms with van der Waals surface area (Å²) in [7, 11) is 0. The van der Waals surface area contributed by atoms with E-state index in [4.69, 9.17) is 11.6 Å². The van der Waals surface area contributed by atoms with Gasteiger partial charge in [-0.2, -0.15) is 0 Å². The topological polar surface area (TPSA) is 32.3 Å². The zero-order chi connectivity index (χ0) is 15.5. The Balaban J connectivity index is 1.62. The van der Waals surface area contributed by atoms with E-state index < -0.39 is 0 Å². The minimum absolute atomic E-state index is 0.193. The molecule has 2 aromatic rings. The quantitative estimate of drug-likeness (QED) is 0.813. The fraction of sp³-hybridized carbons (Fsp3) is 0.375. The van der Waals surface area contributed by atoms with Gasteiger partial charge in [-0.3, -0.25) is 4.90 Å². The van der Waals surface area contributed by atoms with Gasteiger partial charge in [0.15, 0.2) is 0 Å². The predicted molar refractivity (Wildman–Crippen MR) is 85.6 cm³/mol. The highest BCUT2D eigenvalue weighted by molar-refractivity contribution is 6.29. The van der Waals surface area contributed by atoms with Crippen molar-refractivity contribution in [2.75, 3.05) is 31.1 Å². The Hall–Kier alpha value is -1.72. The van der Waals surface area contributed by atoms with E-state index in [0.717, 1.165) is 37.6 Å². The summed E-state index contributed by atoms with van der Waals surface area (Å²) < 4.78 is 13.0. The third-order valence-electron chi connectivity index (χ3n) is 4.16. The third-order valence-corrected chi connectivity index (χ3v) is 4.36. The molecule has 4 nitrogen and oxygen atoms in total. The van der Waals surface area contributed by atoms with Crippen LogP contribution in [0.4, 0.5) is 10.2 Å². The van der Waals surface area contributed by atoms with Crippen LogP contribution in [0.5, 0.6) is 0 Å². The lowest BCUT2D eigenvalue weighted by Crippen LogP contribution is -2.47. The van der Waals surface area contributed by atoms with Crippen molar-refractivity contribution in [1.82, 2.24) is 14.9 Å². The highest BCUT2D eigenvalue weighted by Gasteiger charge is 2.22. The van der Waals surface area contributed by atoms with E-state index in [9.17, 15) is 4.39 Å². The summed E-state index contributed by atoms with van der Waals surface area (Å²) >= 11 is 5.92. The summed E-state index contributed by atoms with van der Waals surface area (Å²) in [6.07, 6.45) is 1.49. The maximum absolute atomic E-state index is 13.0. The molecule has 0 bridgehead atoms. The number of hydrogen-bond donors (Lipinski definition) is 0. The van der Waals surface area contributed by atoms with Crippen LogP contribution >= 0.6 is 11.6 Å². The van der Waals surface area contributed by atoms with Gasteiger partial charge in [-0.15, -0.1) is 0 Å². The molecule has 1 aromatic heterocycles. The van der Waals surface area contributed by atoms with Gasteiger partial charge in [-0.1, -0.05) is 23.7 Å². The minimum atomic E-state index is -0.193. The van der Waals surface area contributed by atoms with Gasteiger partial charge in [-0.25, -0.2) is 14.4 Å². The SMILES string of the molecule is C[C@@H](c1ccc(F)cc1)N1CCN(c2cc(Cl)ncn2)CC1. The molecule has 1 fully saturated rings. The first-order valence-corrected chi connectivity index (χ1v) is 7.73. The second-order valence-electron chi connectivity index (χ2n) is 5.45. The second kappa shape index (κ2) is 6.58. The van der Waals surface area contributed by atoms with Gasteiger partial charge in [0.05, 0.1) is 0 Å². The zero-order valence-electron chi connectivity index (χ0n) is 12.4. The number of hydrogen-bond acceptors (Lipinski definition) is 4. The number of benzene rings is 1. The van der Waals surface area contributed by atoms with Gasteiger partial charge in [0.2, 0.25) is 0 Å². The normalized spacial score (nSPS) is 17.5. The molecular weight excluding hydrogens is 303 g/mol. The summed E-state index contributed by atoms with van der Waals surface area (Å²) in [6.45, 7) is 5.79. The molecule has 22 heavy (non-hydrogen) atoms. The van der Waals surface area contributed by atoms with Crippen molar-refractivity contribution in [3.05, 3.63) is 53.2 Å².